The molecule has 0 aliphatic rings. The largest absolute Gasteiger partial charge is 0.376 e. The van der Waals surface area contributed by atoms with E-state index < -0.39 is 0 Å². The molecule has 0 aliphatic heterocycles. The molecule has 1 aromatic rings. The second-order valence-electron chi connectivity index (χ2n) is 2.09. The molecule has 0 aliphatic carbocycles. The normalized spacial score (nSPS) is 9.50. The van der Waals surface area contributed by atoms with Crippen LogP contribution in [0.15, 0.2) is 22.7 Å². The van der Waals surface area contributed by atoms with E-state index in [1.54, 1.807) is 6.07 Å². The Morgan fingerprint density at radius 2 is 2.25 bits per heavy atom. The predicted molar refractivity (Wildman–Crippen MR) is 59.6 cm³/mol. The highest BCUT2D eigenvalue weighted by Gasteiger charge is 2.02. The molecular weight excluding hydrogens is 260 g/mol. The summed E-state index contributed by atoms with van der Waals surface area (Å²) in [5.41, 5.74) is 6.07. The van der Waals surface area contributed by atoms with E-state index in [1.165, 1.54) is 0 Å². The maximum atomic E-state index is 5.83. The lowest BCUT2D eigenvalue weighted by Crippen LogP contribution is -2.19. The van der Waals surface area contributed by atoms with Crippen molar-refractivity contribution in [2.45, 2.75) is 0 Å². The van der Waals surface area contributed by atoms with Crippen molar-refractivity contribution < 1.29 is 0 Å². The molecule has 0 aromatic heterocycles. The molecule has 5 heteroatoms. The second-order valence-corrected chi connectivity index (χ2v) is 3.73. The maximum Gasteiger partial charge on any atom is 0.168 e. The van der Waals surface area contributed by atoms with Crippen LogP contribution in [0.3, 0.4) is 0 Å². The van der Waals surface area contributed by atoms with E-state index in [-0.39, 0.29) is 5.11 Å². The second kappa shape index (κ2) is 4.07. The van der Waals surface area contributed by atoms with Gasteiger partial charge in [-0.05, 0) is 40.3 Å². The summed E-state index contributed by atoms with van der Waals surface area (Å²) in [5.74, 6) is 0. The van der Waals surface area contributed by atoms with Crippen LogP contribution < -0.4 is 11.1 Å². The monoisotopic (exact) mass is 264 g/mol. The van der Waals surface area contributed by atoms with Crippen LogP contribution in [0.1, 0.15) is 0 Å². The van der Waals surface area contributed by atoms with Gasteiger partial charge < -0.3 is 11.1 Å². The molecule has 1 rings (SSSR count). The third-order valence-corrected chi connectivity index (χ3v) is 2.71. The fourth-order valence-corrected chi connectivity index (χ4v) is 1.38. The van der Waals surface area contributed by atoms with Gasteiger partial charge in [0.1, 0.15) is 0 Å². The molecule has 0 saturated heterocycles. The zero-order valence-corrected chi connectivity index (χ0v) is 9.13. The van der Waals surface area contributed by atoms with E-state index in [4.69, 9.17) is 17.3 Å². The van der Waals surface area contributed by atoms with Crippen LogP contribution in [0.25, 0.3) is 0 Å². The van der Waals surface area contributed by atoms with E-state index in [9.17, 15) is 0 Å². The van der Waals surface area contributed by atoms with E-state index in [0.717, 1.165) is 10.2 Å². The minimum Gasteiger partial charge on any atom is -0.376 e. The summed E-state index contributed by atoms with van der Waals surface area (Å²) in [6.07, 6.45) is 0. The smallest absolute Gasteiger partial charge is 0.168 e. The van der Waals surface area contributed by atoms with E-state index in [1.807, 2.05) is 12.1 Å². The summed E-state index contributed by atoms with van der Waals surface area (Å²) in [7, 11) is 0. The quantitative estimate of drug-likeness (QED) is 0.767. The summed E-state index contributed by atoms with van der Waals surface area (Å²) < 4.78 is 0.763. The number of nitrogens with two attached hydrogens (primary N) is 1. The highest BCUT2D eigenvalue weighted by molar-refractivity contribution is 9.10. The van der Waals surface area contributed by atoms with E-state index >= 15 is 0 Å². The maximum absolute atomic E-state index is 5.83. The number of hydrogen-bond acceptors (Lipinski definition) is 1. The first-order valence-corrected chi connectivity index (χ1v) is 4.69. The Balaban J connectivity index is 3.00. The minimum atomic E-state index is 0.220. The van der Waals surface area contributed by atoms with E-state index in [0.29, 0.717) is 5.02 Å². The molecule has 0 atom stereocenters. The highest BCUT2D eigenvalue weighted by Crippen LogP contribution is 2.29. The van der Waals surface area contributed by atoms with E-state index in [2.05, 4.69) is 33.5 Å². The van der Waals surface area contributed by atoms with Crippen LogP contribution in [0.5, 0.6) is 0 Å². The number of nitrogens with one attached hydrogen (secondary N) is 1. The average Bonchev–Trinajstić information content (AvgIpc) is 1.98. The zero-order chi connectivity index (χ0) is 9.14. The Bertz CT molecular complexity index is 316. The number of thiocarbonyl (C=S) groups is 1. The first-order chi connectivity index (χ1) is 5.61. The molecular formula is C7H6BrClN2S. The summed E-state index contributed by atoms with van der Waals surface area (Å²) in [6.45, 7) is 0. The molecule has 0 saturated carbocycles. The predicted octanol–water partition coefficient (Wildman–Crippen LogP) is 2.76. The van der Waals surface area contributed by atoms with Gasteiger partial charge in [-0.1, -0.05) is 17.7 Å². The molecule has 0 heterocycles. The number of hydrogen-bond donors (Lipinski definition) is 2. The SMILES string of the molecule is NC(=S)Nc1cccc(Cl)c1Br. The molecule has 12 heavy (non-hydrogen) atoms. The lowest BCUT2D eigenvalue weighted by molar-refractivity contribution is 1.57. The van der Waals surface area contributed by atoms with Gasteiger partial charge in [0.15, 0.2) is 5.11 Å². The zero-order valence-electron chi connectivity index (χ0n) is 5.97. The molecule has 64 valence electrons. The Kier molecular flexibility index (Phi) is 3.31. The van der Waals surface area contributed by atoms with Gasteiger partial charge >= 0.3 is 0 Å². The minimum absolute atomic E-state index is 0.220. The molecule has 0 bridgehead atoms. The summed E-state index contributed by atoms with van der Waals surface area (Å²) in [4.78, 5) is 0. The standard InChI is InChI=1S/C7H6BrClN2S/c8-6-4(9)2-1-3-5(6)11-7(10)12/h1-3H,(H3,10,11,12). The Labute approximate surface area is 89.2 Å². The lowest BCUT2D eigenvalue weighted by Gasteiger charge is -2.06. The fourth-order valence-electron chi connectivity index (χ4n) is 0.733. The van der Waals surface area contributed by atoms with Crippen molar-refractivity contribution >= 4 is 50.5 Å². The third-order valence-electron chi connectivity index (χ3n) is 1.21. The first kappa shape index (κ1) is 9.77. The van der Waals surface area contributed by atoms with Gasteiger partial charge in [0.25, 0.3) is 0 Å². The first-order valence-electron chi connectivity index (χ1n) is 3.11. The van der Waals surface area contributed by atoms with Crippen molar-refractivity contribution in [3.8, 4) is 0 Å². The van der Waals surface area contributed by atoms with Gasteiger partial charge in [0.05, 0.1) is 15.2 Å². The van der Waals surface area contributed by atoms with Gasteiger partial charge in [-0.15, -0.1) is 0 Å². The molecule has 0 radical (unpaired) electrons. The van der Waals surface area contributed by atoms with Crippen molar-refractivity contribution in [1.29, 1.82) is 0 Å². The Morgan fingerprint density at radius 1 is 1.58 bits per heavy atom. The molecule has 0 fully saturated rings. The molecule has 2 nitrogen and oxygen atoms in total. The van der Waals surface area contributed by atoms with Gasteiger partial charge in [0, 0.05) is 0 Å². The number of benzene rings is 1. The molecule has 0 unspecified atom stereocenters. The van der Waals surface area contributed by atoms with Crippen molar-refractivity contribution in [3.05, 3.63) is 27.7 Å². The van der Waals surface area contributed by atoms with Crippen LogP contribution in [0.4, 0.5) is 5.69 Å². The van der Waals surface area contributed by atoms with Crippen LogP contribution in [0.2, 0.25) is 5.02 Å². The Hall–Kier alpha value is -0.320. The topological polar surface area (TPSA) is 38.0 Å². The molecule has 0 spiro atoms. The van der Waals surface area contributed by atoms with Crippen LogP contribution in [-0.4, -0.2) is 5.11 Å². The van der Waals surface area contributed by atoms with Crippen LogP contribution in [0, 0.1) is 0 Å². The Morgan fingerprint density at radius 3 is 2.83 bits per heavy atom. The van der Waals surface area contributed by atoms with Crippen molar-refractivity contribution in [2.24, 2.45) is 5.73 Å². The van der Waals surface area contributed by atoms with Crippen molar-refractivity contribution in [3.63, 3.8) is 0 Å². The fraction of sp³-hybridized carbons (Fsp3) is 0. The summed E-state index contributed by atoms with van der Waals surface area (Å²) in [6, 6.07) is 5.42. The number of anilines is 1. The number of rotatable bonds is 1. The molecule has 1 aromatic carbocycles. The van der Waals surface area contributed by atoms with Crippen LogP contribution in [-0.2, 0) is 0 Å². The average molecular weight is 266 g/mol. The van der Waals surface area contributed by atoms with Crippen molar-refractivity contribution in [2.75, 3.05) is 5.32 Å². The third kappa shape index (κ3) is 2.33. The van der Waals surface area contributed by atoms with Crippen LogP contribution >= 0.6 is 39.7 Å². The summed E-state index contributed by atoms with van der Waals surface area (Å²) >= 11 is 13.8. The van der Waals surface area contributed by atoms with Gasteiger partial charge in [0.2, 0.25) is 0 Å². The molecule has 0 amide bonds. The van der Waals surface area contributed by atoms with Gasteiger partial charge in [-0.3, -0.25) is 0 Å². The van der Waals surface area contributed by atoms with Gasteiger partial charge in [-0.2, -0.15) is 0 Å². The highest BCUT2D eigenvalue weighted by atomic mass is 79.9. The van der Waals surface area contributed by atoms with Gasteiger partial charge in [-0.25, -0.2) is 0 Å². The van der Waals surface area contributed by atoms with Crippen molar-refractivity contribution in [1.82, 2.24) is 0 Å². The molecule has 3 N–H and O–H groups in total. The summed E-state index contributed by atoms with van der Waals surface area (Å²) in [5, 5.41) is 3.63. The number of halogens is 2. The lowest BCUT2D eigenvalue weighted by atomic mass is 10.3.